The molecule has 2 amide bonds. The summed E-state index contributed by atoms with van der Waals surface area (Å²) in [4.78, 5) is 23.8. The van der Waals surface area contributed by atoms with Crippen molar-refractivity contribution in [3.8, 4) is 0 Å². The third-order valence-corrected chi connectivity index (χ3v) is 3.67. The zero-order chi connectivity index (χ0) is 16.9. The molecule has 1 aromatic heterocycles. The molecule has 3 aromatic rings. The summed E-state index contributed by atoms with van der Waals surface area (Å²) in [6, 6.07) is 14.5. The highest BCUT2D eigenvalue weighted by Crippen LogP contribution is 2.18. The first-order valence-electron chi connectivity index (χ1n) is 7.89. The van der Waals surface area contributed by atoms with Gasteiger partial charge in [0.1, 0.15) is 0 Å². The molecule has 0 saturated carbocycles. The number of benzene rings is 2. The second-order valence-corrected chi connectivity index (χ2v) is 5.50. The van der Waals surface area contributed by atoms with E-state index in [1.54, 1.807) is 22.8 Å². The average Bonchev–Trinajstić information content (AvgIpc) is 2.89. The van der Waals surface area contributed by atoms with Gasteiger partial charge >= 0.3 is 11.8 Å². The Morgan fingerprint density at radius 3 is 2.71 bits per heavy atom. The van der Waals surface area contributed by atoms with Crippen molar-refractivity contribution in [1.82, 2.24) is 9.88 Å². The van der Waals surface area contributed by atoms with E-state index >= 15 is 0 Å². The molecular weight excluding hydrogens is 306 g/mol. The van der Waals surface area contributed by atoms with Gasteiger partial charge in [-0.1, -0.05) is 37.3 Å². The summed E-state index contributed by atoms with van der Waals surface area (Å²) in [5.74, 6) is -0.377. The van der Waals surface area contributed by atoms with Gasteiger partial charge in [0.25, 0.3) is 0 Å². The quantitative estimate of drug-likeness (QED) is 0.755. The van der Waals surface area contributed by atoms with E-state index in [2.05, 4.69) is 10.6 Å². The van der Waals surface area contributed by atoms with Crippen LogP contribution in [0.2, 0.25) is 0 Å². The molecule has 2 N–H and O–H groups in total. The van der Waals surface area contributed by atoms with Gasteiger partial charge in [0.05, 0.1) is 5.52 Å². The smallest absolute Gasteiger partial charge is 0.408 e. The number of hydrogen-bond donors (Lipinski definition) is 2. The van der Waals surface area contributed by atoms with Gasteiger partial charge < -0.3 is 15.1 Å². The van der Waals surface area contributed by atoms with Gasteiger partial charge in [0.15, 0.2) is 5.58 Å². The molecule has 0 aliphatic heterocycles. The lowest BCUT2D eigenvalue weighted by molar-refractivity contribution is 0.251. The molecule has 0 bridgehead atoms. The van der Waals surface area contributed by atoms with Crippen molar-refractivity contribution in [2.24, 2.45) is 0 Å². The monoisotopic (exact) mass is 325 g/mol. The number of carbonyl (C=O) groups is 1. The SMILES string of the molecule is CCCn1c(=O)oc2cc(NC(=O)NCc3ccccc3)ccc21. The van der Waals surface area contributed by atoms with Gasteiger partial charge in [-0.25, -0.2) is 9.59 Å². The summed E-state index contributed by atoms with van der Waals surface area (Å²) < 4.78 is 6.83. The minimum Gasteiger partial charge on any atom is -0.408 e. The molecule has 6 heteroatoms. The van der Waals surface area contributed by atoms with Crippen molar-refractivity contribution in [3.05, 3.63) is 64.6 Å². The minimum atomic E-state index is -0.377. The van der Waals surface area contributed by atoms with Gasteiger partial charge in [-0.15, -0.1) is 0 Å². The van der Waals surface area contributed by atoms with Crippen LogP contribution in [0.4, 0.5) is 10.5 Å². The number of nitrogens with zero attached hydrogens (tertiary/aromatic N) is 1. The Kier molecular flexibility index (Phi) is 4.65. The van der Waals surface area contributed by atoms with Crippen LogP contribution in [0.3, 0.4) is 0 Å². The van der Waals surface area contributed by atoms with Crippen molar-refractivity contribution in [1.29, 1.82) is 0 Å². The van der Waals surface area contributed by atoms with E-state index in [1.807, 2.05) is 37.3 Å². The highest BCUT2D eigenvalue weighted by Gasteiger charge is 2.10. The molecule has 0 spiro atoms. The number of fused-ring (bicyclic) bond motifs is 1. The molecule has 1 heterocycles. The molecular formula is C18H19N3O3. The summed E-state index contributed by atoms with van der Waals surface area (Å²) in [6.07, 6.45) is 0.844. The van der Waals surface area contributed by atoms with Gasteiger partial charge in [0.2, 0.25) is 0 Å². The fourth-order valence-corrected chi connectivity index (χ4v) is 2.53. The Labute approximate surface area is 139 Å². The molecule has 0 saturated heterocycles. The zero-order valence-corrected chi connectivity index (χ0v) is 13.4. The summed E-state index contributed by atoms with van der Waals surface area (Å²) in [7, 11) is 0. The number of aromatic nitrogens is 1. The minimum absolute atomic E-state index is 0.312. The average molecular weight is 325 g/mol. The summed E-state index contributed by atoms with van der Waals surface area (Å²) in [5.41, 5.74) is 2.79. The van der Waals surface area contributed by atoms with Crippen LogP contribution in [0.25, 0.3) is 11.1 Å². The summed E-state index contributed by atoms with van der Waals surface area (Å²) in [6.45, 7) is 3.05. The number of amides is 2. The normalized spacial score (nSPS) is 10.7. The number of carbonyl (C=O) groups excluding carboxylic acids is 1. The predicted molar refractivity (Wildman–Crippen MR) is 93.1 cm³/mol. The van der Waals surface area contributed by atoms with Gasteiger partial charge in [0, 0.05) is 24.8 Å². The molecule has 2 aromatic carbocycles. The number of nitrogens with one attached hydrogen (secondary N) is 2. The number of aryl methyl sites for hydroxylation is 1. The zero-order valence-electron chi connectivity index (χ0n) is 13.4. The molecule has 0 aliphatic rings. The van der Waals surface area contributed by atoms with Crippen molar-refractivity contribution < 1.29 is 9.21 Å². The topological polar surface area (TPSA) is 76.3 Å². The highest BCUT2D eigenvalue weighted by molar-refractivity contribution is 5.91. The first kappa shape index (κ1) is 15.9. The van der Waals surface area contributed by atoms with Crippen molar-refractivity contribution in [2.75, 3.05) is 5.32 Å². The standard InChI is InChI=1S/C18H19N3O3/c1-2-10-21-15-9-8-14(11-16(15)24-18(21)23)20-17(22)19-12-13-6-4-3-5-7-13/h3-9,11H,2,10,12H2,1H3,(H2,19,20,22). The van der Waals surface area contributed by atoms with Crippen LogP contribution in [0.5, 0.6) is 0 Å². The molecule has 24 heavy (non-hydrogen) atoms. The second kappa shape index (κ2) is 7.04. The van der Waals surface area contributed by atoms with E-state index in [0.29, 0.717) is 24.4 Å². The Morgan fingerprint density at radius 1 is 1.17 bits per heavy atom. The summed E-state index contributed by atoms with van der Waals surface area (Å²) in [5, 5.41) is 5.53. The molecule has 0 fully saturated rings. The van der Waals surface area contributed by atoms with Crippen LogP contribution in [0.15, 0.2) is 57.7 Å². The third-order valence-electron chi connectivity index (χ3n) is 3.67. The van der Waals surface area contributed by atoms with E-state index in [9.17, 15) is 9.59 Å². The number of rotatable bonds is 5. The number of hydrogen-bond acceptors (Lipinski definition) is 3. The molecule has 124 valence electrons. The van der Waals surface area contributed by atoms with E-state index in [1.165, 1.54) is 0 Å². The van der Waals surface area contributed by atoms with E-state index < -0.39 is 0 Å². The first-order valence-corrected chi connectivity index (χ1v) is 7.89. The first-order chi connectivity index (χ1) is 11.7. The van der Waals surface area contributed by atoms with Crippen molar-refractivity contribution in [3.63, 3.8) is 0 Å². The van der Waals surface area contributed by atoms with Crippen molar-refractivity contribution in [2.45, 2.75) is 26.4 Å². The van der Waals surface area contributed by atoms with Crippen LogP contribution in [0.1, 0.15) is 18.9 Å². The van der Waals surface area contributed by atoms with Gasteiger partial charge in [-0.2, -0.15) is 0 Å². The Hall–Kier alpha value is -3.02. The Morgan fingerprint density at radius 2 is 1.96 bits per heavy atom. The van der Waals surface area contributed by atoms with E-state index in [-0.39, 0.29) is 11.8 Å². The maximum atomic E-state index is 12.0. The van der Waals surface area contributed by atoms with Crippen LogP contribution in [-0.2, 0) is 13.1 Å². The fraction of sp³-hybridized carbons (Fsp3) is 0.222. The van der Waals surface area contributed by atoms with Crippen molar-refractivity contribution >= 4 is 22.8 Å². The van der Waals surface area contributed by atoms with Crippen LogP contribution >= 0.6 is 0 Å². The highest BCUT2D eigenvalue weighted by atomic mass is 16.4. The summed E-state index contributed by atoms with van der Waals surface area (Å²) >= 11 is 0. The van der Waals surface area contributed by atoms with Crippen LogP contribution in [-0.4, -0.2) is 10.6 Å². The molecule has 0 unspecified atom stereocenters. The lowest BCUT2D eigenvalue weighted by Gasteiger charge is -2.08. The van der Waals surface area contributed by atoms with E-state index in [0.717, 1.165) is 17.5 Å². The van der Waals surface area contributed by atoms with Crippen LogP contribution < -0.4 is 16.4 Å². The largest absolute Gasteiger partial charge is 0.419 e. The Balaban J connectivity index is 1.69. The molecule has 0 radical (unpaired) electrons. The van der Waals surface area contributed by atoms with E-state index in [4.69, 9.17) is 4.42 Å². The van der Waals surface area contributed by atoms with Crippen LogP contribution in [0, 0.1) is 0 Å². The molecule has 3 rings (SSSR count). The number of urea groups is 1. The number of anilines is 1. The molecule has 6 nitrogen and oxygen atoms in total. The number of oxazole rings is 1. The fourth-order valence-electron chi connectivity index (χ4n) is 2.53. The van der Waals surface area contributed by atoms with Gasteiger partial charge in [-0.3, -0.25) is 4.57 Å². The maximum Gasteiger partial charge on any atom is 0.419 e. The lowest BCUT2D eigenvalue weighted by Crippen LogP contribution is -2.28. The Bertz CT molecular complexity index is 897. The maximum absolute atomic E-state index is 12.0. The predicted octanol–water partition coefficient (Wildman–Crippen LogP) is 3.33. The third kappa shape index (κ3) is 3.48. The molecule has 0 aliphatic carbocycles. The second-order valence-electron chi connectivity index (χ2n) is 5.50. The molecule has 0 atom stereocenters. The lowest BCUT2D eigenvalue weighted by atomic mass is 10.2. The van der Waals surface area contributed by atoms with Gasteiger partial charge in [-0.05, 0) is 24.1 Å².